The number of aryl methyl sites for hydroxylation is 1. The molecule has 0 unspecified atom stereocenters. The first-order chi connectivity index (χ1) is 8.71. The predicted molar refractivity (Wildman–Crippen MR) is 63.9 cm³/mol. The van der Waals surface area contributed by atoms with Crippen LogP contribution in [0.3, 0.4) is 0 Å². The number of imidazole rings is 1. The van der Waals surface area contributed by atoms with Crippen molar-refractivity contribution < 1.29 is 19.0 Å². The average molecular weight is 254 g/mol. The van der Waals surface area contributed by atoms with Gasteiger partial charge >= 0.3 is 5.97 Å². The molecule has 6 nitrogen and oxygen atoms in total. The molecule has 1 saturated heterocycles. The van der Waals surface area contributed by atoms with Crippen molar-refractivity contribution in [2.45, 2.75) is 32.4 Å². The molecule has 0 amide bonds. The fraction of sp³-hybridized carbons (Fsp3) is 0.667. The smallest absolute Gasteiger partial charge is 0.356 e. The second-order valence-electron chi connectivity index (χ2n) is 4.13. The Morgan fingerprint density at radius 1 is 1.56 bits per heavy atom. The normalized spacial score (nSPS) is 18.3. The quantitative estimate of drug-likeness (QED) is 0.734. The van der Waals surface area contributed by atoms with E-state index in [0.29, 0.717) is 30.4 Å². The van der Waals surface area contributed by atoms with Gasteiger partial charge in [-0.3, -0.25) is 4.57 Å². The van der Waals surface area contributed by atoms with Crippen molar-refractivity contribution in [3.8, 4) is 6.01 Å². The molecule has 0 bridgehead atoms. The van der Waals surface area contributed by atoms with Crippen molar-refractivity contribution in [1.82, 2.24) is 9.55 Å². The minimum Gasteiger partial charge on any atom is -0.468 e. The van der Waals surface area contributed by atoms with Gasteiger partial charge in [-0.25, -0.2) is 4.79 Å². The average Bonchev–Trinajstić information content (AvgIpc) is 2.70. The van der Waals surface area contributed by atoms with Gasteiger partial charge in [-0.1, -0.05) is 6.92 Å². The lowest BCUT2D eigenvalue weighted by atomic mass is 10.2. The van der Waals surface area contributed by atoms with Crippen LogP contribution in [0.2, 0.25) is 0 Å². The topological polar surface area (TPSA) is 62.6 Å². The molecule has 1 aromatic heterocycles. The first kappa shape index (κ1) is 12.9. The summed E-state index contributed by atoms with van der Waals surface area (Å²) in [6, 6.07) is 0.433. The third kappa shape index (κ3) is 2.20. The summed E-state index contributed by atoms with van der Waals surface area (Å²) in [6.07, 6.45) is 1.77. The molecule has 0 N–H and O–H groups in total. The van der Waals surface area contributed by atoms with E-state index in [2.05, 4.69) is 4.98 Å². The second kappa shape index (κ2) is 5.39. The van der Waals surface area contributed by atoms with E-state index in [4.69, 9.17) is 14.2 Å². The largest absolute Gasteiger partial charge is 0.468 e. The van der Waals surface area contributed by atoms with Gasteiger partial charge in [-0.15, -0.1) is 0 Å². The highest BCUT2D eigenvalue weighted by atomic mass is 16.5. The molecule has 6 heteroatoms. The Labute approximate surface area is 106 Å². The minimum atomic E-state index is -0.387. The number of carbonyl (C=O) groups excluding carboxylic acids is 1. The number of carbonyl (C=O) groups is 1. The fourth-order valence-corrected chi connectivity index (χ4v) is 2.01. The number of rotatable bonds is 5. The van der Waals surface area contributed by atoms with E-state index < -0.39 is 0 Å². The van der Waals surface area contributed by atoms with Crippen LogP contribution < -0.4 is 4.74 Å². The van der Waals surface area contributed by atoms with Gasteiger partial charge in [0, 0.05) is 6.61 Å². The maximum Gasteiger partial charge on any atom is 0.356 e. The van der Waals surface area contributed by atoms with Crippen LogP contribution in [0.1, 0.15) is 29.5 Å². The molecule has 0 aromatic carbocycles. The first-order valence-corrected chi connectivity index (χ1v) is 6.04. The highest BCUT2D eigenvalue weighted by molar-refractivity contribution is 5.89. The molecule has 2 rings (SSSR count). The number of hydrogen-bond acceptors (Lipinski definition) is 5. The summed E-state index contributed by atoms with van der Waals surface area (Å²) in [6.45, 7) is 3.29. The zero-order valence-corrected chi connectivity index (χ0v) is 10.9. The van der Waals surface area contributed by atoms with Crippen molar-refractivity contribution in [3.05, 3.63) is 11.4 Å². The van der Waals surface area contributed by atoms with E-state index in [0.717, 1.165) is 13.0 Å². The summed E-state index contributed by atoms with van der Waals surface area (Å²) in [5.74, 6) is -0.387. The van der Waals surface area contributed by atoms with Crippen LogP contribution in [-0.2, 0) is 22.4 Å². The Morgan fingerprint density at radius 2 is 2.28 bits per heavy atom. The zero-order chi connectivity index (χ0) is 13.1. The number of esters is 1. The molecule has 1 fully saturated rings. The highest BCUT2D eigenvalue weighted by Crippen LogP contribution is 2.23. The molecule has 1 aliphatic rings. The van der Waals surface area contributed by atoms with Crippen LogP contribution in [0, 0.1) is 0 Å². The van der Waals surface area contributed by atoms with Crippen LogP contribution in [0.4, 0.5) is 0 Å². The molecule has 100 valence electrons. The van der Waals surface area contributed by atoms with Crippen LogP contribution >= 0.6 is 0 Å². The van der Waals surface area contributed by atoms with Crippen LogP contribution in [0.5, 0.6) is 6.01 Å². The summed E-state index contributed by atoms with van der Waals surface area (Å²) in [7, 11) is 2.91. The predicted octanol–water partition coefficient (Wildman–Crippen LogP) is 1.03. The summed E-state index contributed by atoms with van der Waals surface area (Å²) < 4.78 is 17.2. The third-order valence-corrected chi connectivity index (χ3v) is 3.08. The maximum absolute atomic E-state index is 11.9. The van der Waals surface area contributed by atoms with Gasteiger partial charge in [-0.05, 0) is 12.8 Å². The van der Waals surface area contributed by atoms with Crippen LogP contribution in [0.25, 0.3) is 0 Å². The molecule has 2 heterocycles. The monoisotopic (exact) mass is 254 g/mol. The van der Waals surface area contributed by atoms with Gasteiger partial charge in [0.2, 0.25) is 0 Å². The van der Waals surface area contributed by atoms with Gasteiger partial charge in [0.1, 0.15) is 0 Å². The molecule has 0 aliphatic carbocycles. The Hall–Kier alpha value is -1.56. The second-order valence-corrected chi connectivity index (χ2v) is 4.13. The molecular weight excluding hydrogens is 236 g/mol. The van der Waals surface area contributed by atoms with E-state index in [1.807, 2.05) is 6.92 Å². The van der Waals surface area contributed by atoms with Crippen molar-refractivity contribution in [2.75, 3.05) is 20.8 Å². The molecule has 18 heavy (non-hydrogen) atoms. The first-order valence-electron chi connectivity index (χ1n) is 6.04. The fourth-order valence-electron chi connectivity index (χ4n) is 2.01. The molecule has 1 atom stereocenters. The molecule has 0 saturated carbocycles. The van der Waals surface area contributed by atoms with Gasteiger partial charge in [0.25, 0.3) is 6.01 Å². The number of ether oxygens (including phenoxy) is 3. The summed E-state index contributed by atoms with van der Waals surface area (Å²) in [5.41, 5.74) is 1.16. The Bertz CT molecular complexity index is 438. The van der Waals surface area contributed by atoms with E-state index >= 15 is 0 Å². The minimum absolute atomic E-state index is 0.126. The number of hydrogen-bond donors (Lipinski definition) is 0. The number of methoxy groups -OCH3 is 2. The molecule has 1 aromatic rings. The van der Waals surface area contributed by atoms with Gasteiger partial charge < -0.3 is 14.2 Å². The molecular formula is C12H18N2O4. The lowest BCUT2D eigenvalue weighted by Gasteiger charge is -2.27. The van der Waals surface area contributed by atoms with E-state index in [1.54, 1.807) is 11.7 Å². The standard InChI is InChI=1S/C12H18N2O4/c1-4-9-10(11(15)16-2)14(12(13-9)17-3)7-8-5-6-18-8/h8H,4-7H2,1-3H3/t8-/m0/s1. The lowest BCUT2D eigenvalue weighted by Crippen LogP contribution is -2.32. The molecule has 1 aliphatic heterocycles. The Balaban J connectivity index is 2.37. The van der Waals surface area contributed by atoms with Gasteiger partial charge in [0.05, 0.1) is 32.6 Å². The third-order valence-electron chi connectivity index (χ3n) is 3.08. The number of aromatic nitrogens is 2. The van der Waals surface area contributed by atoms with Gasteiger partial charge in [0.15, 0.2) is 5.69 Å². The van der Waals surface area contributed by atoms with E-state index in [9.17, 15) is 4.79 Å². The van der Waals surface area contributed by atoms with Crippen molar-refractivity contribution >= 4 is 5.97 Å². The summed E-state index contributed by atoms with van der Waals surface area (Å²) >= 11 is 0. The maximum atomic E-state index is 11.9. The van der Waals surface area contributed by atoms with Gasteiger partial charge in [-0.2, -0.15) is 4.98 Å². The summed E-state index contributed by atoms with van der Waals surface area (Å²) in [4.78, 5) is 16.2. The van der Waals surface area contributed by atoms with Crippen molar-refractivity contribution in [2.24, 2.45) is 0 Å². The Morgan fingerprint density at radius 3 is 2.72 bits per heavy atom. The highest BCUT2D eigenvalue weighted by Gasteiger charge is 2.27. The van der Waals surface area contributed by atoms with E-state index in [-0.39, 0.29) is 12.1 Å². The number of nitrogens with zero attached hydrogens (tertiary/aromatic N) is 2. The molecule has 0 spiro atoms. The zero-order valence-electron chi connectivity index (χ0n) is 10.9. The van der Waals surface area contributed by atoms with Crippen molar-refractivity contribution in [1.29, 1.82) is 0 Å². The van der Waals surface area contributed by atoms with Crippen LogP contribution in [-0.4, -0.2) is 42.5 Å². The summed E-state index contributed by atoms with van der Waals surface area (Å²) in [5, 5.41) is 0. The van der Waals surface area contributed by atoms with Crippen molar-refractivity contribution in [3.63, 3.8) is 0 Å². The van der Waals surface area contributed by atoms with E-state index in [1.165, 1.54) is 7.11 Å². The Kier molecular flexibility index (Phi) is 3.86. The SMILES string of the molecule is CCc1nc(OC)n(C[C@@H]2CCO2)c1C(=O)OC. The lowest BCUT2D eigenvalue weighted by molar-refractivity contribution is -0.0603. The van der Waals surface area contributed by atoms with Crippen LogP contribution in [0.15, 0.2) is 0 Å². The molecule has 0 radical (unpaired) electrons.